The Hall–Kier alpha value is -1.92. The van der Waals surface area contributed by atoms with Gasteiger partial charge in [-0.15, -0.1) is 0 Å². The van der Waals surface area contributed by atoms with Crippen LogP contribution in [0.15, 0.2) is 30.7 Å². The summed E-state index contributed by atoms with van der Waals surface area (Å²) in [6.45, 7) is 0. The highest BCUT2D eigenvalue weighted by Crippen LogP contribution is 2.18. The summed E-state index contributed by atoms with van der Waals surface area (Å²) in [6, 6.07) is 4.35. The number of imidazole rings is 1. The van der Waals surface area contributed by atoms with E-state index in [-0.39, 0.29) is 0 Å². The summed E-state index contributed by atoms with van der Waals surface area (Å²) in [6.07, 6.45) is 1.77. The Morgan fingerprint density at radius 1 is 1.53 bits per heavy atom. The molecule has 0 spiro atoms. The van der Waals surface area contributed by atoms with Crippen LogP contribution in [0.5, 0.6) is 0 Å². The average molecular weight is 237 g/mol. The summed E-state index contributed by atoms with van der Waals surface area (Å²) in [5.41, 5.74) is 6.42. The topological polar surface area (TPSA) is 73.3 Å². The molecule has 0 aliphatic heterocycles. The van der Waals surface area contributed by atoms with Gasteiger partial charge in [-0.1, -0.05) is 0 Å². The number of nitrogens with zero attached hydrogens (tertiary/aromatic N) is 2. The summed E-state index contributed by atoms with van der Waals surface area (Å²) >= 11 is 0. The Morgan fingerprint density at radius 2 is 2.29 bits per heavy atom. The lowest BCUT2D eigenvalue weighted by molar-refractivity contribution is -0.0796. The van der Waals surface area contributed by atoms with Gasteiger partial charge in [0.2, 0.25) is 0 Å². The zero-order valence-corrected chi connectivity index (χ0v) is 9.17. The minimum atomic E-state index is -1.12. The molecule has 0 fully saturated rings. The fourth-order valence-corrected chi connectivity index (χ4v) is 1.45. The van der Waals surface area contributed by atoms with Crippen molar-refractivity contribution < 1.29 is 14.2 Å². The number of anilines is 1. The van der Waals surface area contributed by atoms with Gasteiger partial charge in [-0.25, -0.2) is 9.37 Å². The number of aromatic nitrogens is 2. The first-order valence-corrected chi connectivity index (χ1v) is 4.92. The summed E-state index contributed by atoms with van der Waals surface area (Å²) in [4.78, 5) is 3.92. The molecule has 0 radical (unpaired) electrons. The van der Waals surface area contributed by atoms with Crippen LogP contribution in [0.4, 0.5) is 10.1 Å². The van der Waals surface area contributed by atoms with Gasteiger partial charge in [-0.3, -0.25) is 0 Å². The first-order valence-electron chi connectivity index (χ1n) is 4.92. The van der Waals surface area contributed by atoms with Gasteiger partial charge in [0.25, 0.3) is 0 Å². The molecule has 1 aromatic heterocycles. The van der Waals surface area contributed by atoms with Gasteiger partial charge in [-0.05, 0) is 18.2 Å². The Labute approximate surface area is 97.3 Å². The second-order valence-electron chi connectivity index (χ2n) is 3.50. The first kappa shape index (κ1) is 11.6. The number of nitrogens with two attached hydrogens (primary N) is 1. The minimum absolute atomic E-state index is 0.307. The van der Waals surface area contributed by atoms with Crippen LogP contribution >= 0.6 is 0 Å². The summed E-state index contributed by atoms with van der Waals surface area (Å²) in [5.74, 6) is -0.458. The molecular weight excluding hydrogens is 225 g/mol. The average Bonchev–Trinajstić information content (AvgIpc) is 2.77. The SMILES string of the molecule is COC(O)c1cn(-c2ccc(N)cc2F)cn1. The normalized spacial score (nSPS) is 12.6. The molecule has 1 unspecified atom stereocenters. The van der Waals surface area contributed by atoms with Gasteiger partial charge in [0.05, 0.1) is 12.0 Å². The highest BCUT2D eigenvalue weighted by atomic mass is 19.1. The third-order valence-electron chi connectivity index (χ3n) is 2.33. The lowest BCUT2D eigenvalue weighted by atomic mass is 10.2. The number of methoxy groups -OCH3 is 1. The van der Waals surface area contributed by atoms with Crippen molar-refractivity contribution >= 4 is 5.69 Å². The number of halogens is 1. The minimum Gasteiger partial charge on any atom is -0.399 e. The number of ether oxygens (including phenoxy) is 1. The van der Waals surface area contributed by atoms with Crippen LogP contribution in [0, 0.1) is 5.82 Å². The molecular formula is C11H12FN3O2. The molecule has 0 amide bonds. The van der Waals surface area contributed by atoms with Gasteiger partial charge in [0, 0.05) is 19.0 Å². The molecule has 0 aliphatic carbocycles. The van der Waals surface area contributed by atoms with E-state index in [9.17, 15) is 9.50 Å². The first-order chi connectivity index (χ1) is 8.11. The van der Waals surface area contributed by atoms with E-state index in [1.165, 1.54) is 36.3 Å². The van der Waals surface area contributed by atoms with Crippen LogP contribution in [0.25, 0.3) is 5.69 Å². The van der Waals surface area contributed by atoms with Crippen molar-refractivity contribution in [2.45, 2.75) is 6.29 Å². The molecule has 2 aromatic rings. The van der Waals surface area contributed by atoms with Crippen molar-refractivity contribution in [2.75, 3.05) is 12.8 Å². The van der Waals surface area contributed by atoms with E-state index < -0.39 is 12.1 Å². The molecule has 2 rings (SSSR count). The fraction of sp³-hybridized carbons (Fsp3) is 0.182. The van der Waals surface area contributed by atoms with E-state index in [1.54, 1.807) is 6.07 Å². The van der Waals surface area contributed by atoms with Crippen LogP contribution < -0.4 is 5.73 Å². The smallest absolute Gasteiger partial charge is 0.199 e. The van der Waals surface area contributed by atoms with Crippen molar-refractivity contribution in [3.8, 4) is 5.69 Å². The molecule has 0 bridgehead atoms. The third-order valence-corrected chi connectivity index (χ3v) is 2.33. The van der Waals surface area contributed by atoms with Crippen molar-refractivity contribution in [3.63, 3.8) is 0 Å². The zero-order chi connectivity index (χ0) is 12.4. The Morgan fingerprint density at radius 3 is 2.94 bits per heavy atom. The number of aliphatic hydroxyl groups is 1. The van der Waals surface area contributed by atoms with Gasteiger partial charge in [0.15, 0.2) is 6.29 Å². The predicted octanol–water partition coefficient (Wildman–Crippen LogP) is 1.23. The van der Waals surface area contributed by atoms with Gasteiger partial charge < -0.3 is 20.1 Å². The molecule has 5 nitrogen and oxygen atoms in total. The standard InChI is InChI=1S/C11H12FN3O2/c1-17-11(16)9-5-15(6-14-9)10-3-2-7(13)4-8(10)12/h2-6,11,16H,13H2,1H3. The summed E-state index contributed by atoms with van der Waals surface area (Å²) < 4.78 is 19.8. The van der Waals surface area contributed by atoms with E-state index >= 15 is 0 Å². The van der Waals surface area contributed by atoms with E-state index in [4.69, 9.17) is 10.5 Å². The zero-order valence-electron chi connectivity index (χ0n) is 9.17. The van der Waals surface area contributed by atoms with Gasteiger partial charge in [0.1, 0.15) is 11.5 Å². The second-order valence-corrected chi connectivity index (χ2v) is 3.50. The third kappa shape index (κ3) is 2.27. The Bertz CT molecular complexity index is 527. The van der Waals surface area contributed by atoms with Crippen LogP contribution in [0.3, 0.4) is 0 Å². The van der Waals surface area contributed by atoms with Crippen LogP contribution in [0.1, 0.15) is 12.0 Å². The lowest BCUT2D eigenvalue weighted by Gasteiger charge is -2.05. The maximum atomic E-state index is 13.6. The van der Waals surface area contributed by atoms with Crippen LogP contribution in [-0.4, -0.2) is 21.8 Å². The fourth-order valence-electron chi connectivity index (χ4n) is 1.45. The van der Waals surface area contributed by atoms with Crippen LogP contribution in [0.2, 0.25) is 0 Å². The number of nitrogen functional groups attached to an aromatic ring is 1. The maximum Gasteiger partial charge on any atom is 0.199 e. The number of aliphatic hydroxyl groups excluding tert-OH is 1. The van der Waals surface area contributed by atoms with Crippen LogP contribution in [-0.2, 0) is 4.74 Å². The molecule has 0 aliphatic rings. The van der Waals surface area contributed by atoms with Gasteiger partial charge in [-0.2, -0.15) is 0 Å². The number of benzene rings is 1. The largest absolute Gasteiger partial charge is 0.399 e. The number of rotatable bonds is 3. The molecule has 6 heteroatoms. The quantitative estimate of drug-likeness (QED) is 0.622. The molecule has 17 heavy (non-hydrogen) atoms. The Balaban J connectivity index is 2.37. The number of hydrogen-bond donors (Lipinski definition) is 2. The number of hydrogen-bond acceptors (Lipinski definition) is 4. The predicted molar refractivity (Wildman–Crippen MR) is 59.9 cm³/mol. The molecule has 0 saturated heterocycles. The lowest BCUT2D eigenvalue weighted by Crippen LogP contribution is -2.00. The van der Waals surface area contributed by atoms with E-state index in [0.717, 1.165) is 0 Å². The highest BCUT2D eigenvalue weighted by molar-refractivity contribution is 5.46. The summed E-state index contributed by atoms with van der Waals surface area (Å²) in [5, 5.41) is 9.39. The van der Waals surface area contributed by atoms with Crippen molar-refractivity contribution in [1.29, 1.82) is 0 Å². The van der Waals surface area contributed by atoms with Crippen molar-refractivity contribution in [2.24, 2.45) is 0 Å². The Kier molecular flexibility index (Phi) is 3.08. The van der Waals surface area contributed by atoms with Crippen molar-refractivity contribution in [1.82, 2.24) is 9.55 Å². The maximum absolute atomic E-state index is 13.6. The monoisotopic (exact) mass is 237 g/mol. The molecule has 1 atom stereocenters. The molecule has 3 N–H and O–H groups in total. The van der Waals surface area contributed by atoms with E-state index in [0.29, 0.717) is 17.1 Å². The molecule has 1 aromatic carbocycles. The molecule has 90 valence electrons. The highest BCUT2D eigenvalue weighted by Gasteiger charge is 2.11. The van der Waals surface area contributed by atoms with E-state index in [2.05, 4.69) is 4.98 Å². The van der Waals surface area contributed by atoms with Gasteiger partial charge >= 0.3 is 0 Å². The second kappa shape index (κ2) is 4.52. The van der Waals surface area contributed by atoms with Crippen molar-refractivity contribution in [3.05, 3.63) is 42.2 Å². The summed E-state index contributed by atoms with van der Waals surface area (Å²) in [7, 11) is 1.35. The molecule has 1 heterocycles. The molecule has 0 saturated carbocycles. The van der Waals surface area contributed by atoms with E-state index in [1.807, 2.05) is 0 Å².